The van der Waals surface area contributed by atoms with Crippen LogP contribution in [-0.2, 0) is 20.6 Å². The first kappa shape index (κ1) is 14.8. The van der Waals surface area contributed by atoms with Gasteiger partial charge in [-0.3, -0.25) is 0 Å². The van der Waals surface area contributed by atoms with E-state index in [1.807, 2.05) is 0 Å². The lowest BCUT2D eigenvalue weighted by atomic mass is 10.2. The summed E-state index contributed by atoms with van der Waals surface area (Å²) in [6.45, 7) is 0.829. The van der Waals surface area contributed by atoms with E-state index < -0.39 is 10.0 Å². The standard InChI is InChI=1S/C12H15BrClNO4S/c13-12-11(6-8(7-14)19-12)20(16,17)15-4-5-18-10-3-1-2-9(10)15/h6,9-10H,1-5,7H2. The molecule has 0 spiro atoms. The van der Waals surface area contributed by atoms with Gasteiger partial charge in [-0.1, -0.05) is 0 Å². The average molecular weight is 385 g/mol. The molecular weight excluding hydrogens is 370 g/mol. The second-order valence-electron chi connectivity index (χ2n) is 5.01. The summed E-state index contributed by atoms with van der Waals surface area (Å²) in [6.07, 6.45) is 2.80. The van der Waals surface area contributed by atoms with Crippen LogP contribution in [0.5, 0.6) is 0 Å². The highest BCUT2D eigenvalue weighted by Gasteiger charge is 2.43. The van der Waals surface area contributed by atoms with Gasteiger partial charge in [-0.15, -0.1) is 11.6 Å². The fourth-order valence-electron chi connectivity index (χ4n) is 2.95. The van der Waals surface area contributed by atoms with E-state index in [1.165, 1.54) is 6.07 Å². The fourth-order valence-corrected chi connectivity index (χ4v) is 5.71. The highest BCUT2D eigenvalue weighted by Crippen LogP contribution is 2.36. The number of sulfonamides is 1. The Morgan fingerprint density at radius 3 is 2.95 bits per heavy atom. The zero-order chi connectivity index (χ0) is 14.3. The molecule has 5 nitrogen and oxygen atoms in total. The fraction of sp³-hybridized carbons (Fsp3) is 0.667. The van der Waals surface area contributed by atoms with E-state index in [9.17, 15) is 8.42 Å². The summed E-state index contributed by atoms with van der Waals surface area (Å²) < 4.78 is 38.4. The number of furan rings is 1. The zero-order valence-corrected chi connectivity index (χ0v) is 13.9. The lowest BCUT2D eigenvalue weighted by Crippen LogP contribution is -2.51. The SMILES string of the molecule is O=S(=O)(c1cc(CCl)oc1Br)N1CCOC2CCCC21. The number of rotatable bonds is 3. The Labute approximate surface area is 131 Å². The Hall–Kier alpha value is -0.0800. The highest BCUT2D eigenvalue weighted by molar-refractivity contribution is 9.10. The van der Waals surface area contributed by atoms with E-state index in [-0.39, 0.29) is 27.6 Å². The van der Waals surface area contributed by atoms with Crippen molar-refractivity contribution in [2.45, 2.75) is 42.2 Å². The van der Waals surface area contributed by atoms with E-state index >= 15 is 0 Å². The lowest BCUT2D eigenvalue weighted by Gasteiger charge is -2.36. The van der Waals surface area contributed by atoms with Crippen molar-refractivity contribution in [2.75, 3.05) is 13.2 Å². The second kappa shape index (κ2) is 5.61. The number of fused-ring (bicyclic) bond motifs is 1. The van der Waals surface area contributed by atoms with Crippen molar-refractivity contribution < 1.29 is 17.6 Å². The summed E-state index contributed by atoms with van der Waals surface area (Å²) in [7, 11) is -3.58. The largest absolute Gasteiger partial charge is 0.452 e. The molecule has 0 amide bonds. The number of alkyl halides is 1. The number of hydrogen-bond acceptors (Lipinski definition) is 4. The third kappa shape index (κ3) is 2.43. The third-order valence-electron chi connectivity index (χ3n) is 3.86. The molecule has 2 heterocycles. The maximum absolute atomic E-state index is 12.8. The molecule has 2 fully saturated rings. The summed E-state index contributed by atoms with van der Waals surface area (Å²) in [5.74, 6) is 0.580. The van der Waals surface area contributed by atoms with Gasteiger partial charge in [0.25, 0.3) is 0 Å². The van der Waals surface area contributed by atoms with Gasteiger partial charge in [-0.25, -0.2) is 8.42 Å². The Balaban J connectivity index is 1.96. The van der Waals surface area contributed by atoms with Crippen LogP contribution in [0, 0.1) is 0 Å². The summed E-state index contributed by atoms with van der Waals surface area (Å²) in [6, 6.07) is 1.43. The van der Waals surface area contributed by atoms with E-state index in [0.29, 0.717) is 18.9 Å². The molecule has 0 N–H and O–H groups in total. The Morgan fingerprint density at radius 1 is 1.45 bits per heavy atom. The molecule has 1 aromatic rings. The van der Waals surface area contributed by atoms with Crippen molar-refractivity contribution in [3.05, 3.63) is 16.5 Å². The van der Waals surface area contributed by atoms with Crippen LogP contribution in [0.25, 0.3) is 0 Å². The first-order valence-electron chi connectivity index (χ1n) is 6.51. The Morgan fingerprint density at radius 2 is 2.25 bits per heavy atom. The summed E-state index contributed by atoms with van der Waals surface area (Å²) in [5, 5.41) is 0. The van der Waals surface area contributed by atoms with Crippen molar-refractivity contribution in [3.63, 3.8) is 0 Å². The quantitative estimate of drug-likeness (QED) is 0.752. The van der Waals surface area contributed by atoms with Gasteiger partial charge < -0.3 is 9.15 Å². The molecule has 112 valence electrons. The van der Waals surface area contributed by atoms with Crippen molar-refractivity contribution in [1.82, 2.24) is 4.31 Å². The average Bonchev–Trinajstić information content (AvgIpc) is 3.03. The van der Waals surface area contributed by atoms with Crippen molar-refractivity contribution >= 4 is 37.6 Å². The molecule has 1 saturated carbocycles. The van der Waals surface area contributed by atoms with Crippen LogP contribution in [0.4, 0.5) is 0 Å². The molecule has 2 aliphatic rings. The maximum atomic E-state index is 12.8. The van der Waals surface area contributed by atoms with E-state index in [0.717, 1.165) is 19.3 Å². The van der Waals surface area contributed by atoms with Gasteiger partial charge in [0.2, 0.25) is 10.0 Å². The minimum atomic E-state index is -3.58. The monoisotopic (exact) mass is 383 g/mol. The number of hydrogen-bond donors (Lipinski definition) is 0. The first-order chi connectivity index (χ1) is 9.54. The van der Waals surface area contributed by atoms with Gasteiger partial charge in [0.15, 0.2) is 4.67 Å². The van der Waals surface area contributed by atoms with Crippen LogP contribution in [0.1, 0.15) is 25.0 Å². The number of ether oxygens (including phenoxy) is 1. The Kier molecular flexibility index (Phi) is 4.16. The minimum Gasteiger partial charge on any atom is -0.452 e. The van der Waals surface area contributed by atoms with E-state index in [2.05, 4.69) is 15.9 Å². The molecule has 3 rings (SSSR count). The molecule has 1 aliphatic carbocycles. The highest BCUT2D eigenvalue weighted by atomic mass is 79.9. The molecule has 2 atom stereocenters. The summed E-state index contributed by atoms with van der Waals surface area (Å²) >= 11 is 8.86. The molecule has 1 saturated heterocycles. The van der Waals surface area contributed by atoms with Crippen molar-refractivity contribution in [1.29, 1.82) is 0 Å². The van der Waals surface area contributed by atoms with Crippen LogP contribution in [0.2, 0.25) is 0 Å². The van der Waals surface area contributed by atoms with Crippen molar-refractivity contribution in [2.24, 2.45) is 0 Å². The Bertz CT molecular complexity index is 603. The van der Waals surface area contributed by atoms with Gasteiger partial charge >= 0.3 is 0 Å². The van der Waals surface area contributed by atoms with Crippen LogP contribution in [0.15, 0.2) is 20.0 Å². The third-order valence-corrected chi connectivity index (χ3v) is 6.90. The molecule has 0 aromatic carbocycles. The molecule has 0 radical (unpaired) electrons. The van der Waals surface area contributed by atoms with E-state index in [1.54, 1.807) is 4.31 Å². The zero-order valence-electron chi connectivity index (χ0n) is 10.7. The van der Waals surface area contributed by atoms with Crippen molar-refractivity contribution in [3.8, 4) is 0 Å². The number of nitrogens with zero attached hydrogens (tertiary/aromatic N) is 1. The number of halogens is 2. The first-order valence-corrected chi connectivity index (χ1v) is 9.28. The van der Waals surface area contributed by atoms with Gasteiger partial charge in [-0.05, 0) is 35.2 Å². The summed E-state index contributed by atoms with van der Waals surface area (Å²) in [4.78, 5) is 0.153. The topological polar surface area (TPSA) is 59.8 Å². The van der Waals surface area contributed by atoms with Gasteiger partial charge in [-0.2, -0.15) is 4.31 Å². The van der Waals surface area contributed by atoms with Crippen LogP contribution >= 0.6 is 27.5 Å². The van der Waals surface area contributed by atoms with Crippen LogP contribution in [-0.4, -0.2) is 38.0 Å². The van der Waals surface area contributed by atoms with Crippen LogP contribution in [0.3, 0.4) is 0 Å². The molecule has 0 bridgehead atoms. The molecule has 1 aliphatic heterocycles. The normalized spacial score (nSPS) is 27.7. The predicted molar refractivity (Wildman–Crippen MR) is 77.2 cm³/mol. The van der Waals surface area contributed by atoms with Crippen LogP contribution < -0.4 is 0 Å². The lowest BCUT2D eigenvalue weighted by molar-refractivity contribution is -0.0242. The van der Waals surface area contributed by atoms with Gasteiger partial charge in [0.05, 0.1) is 24.6 Å². The smallest absolute Gasteiger partial charge is 0.247 e. The summed E-state index contributed by atoms with van der Waals surface area (Å²) in [5.41, 5.74) is 0. The van der Waals surface area contributed by atoms with Gasteiger partial charge in [0.1, 0.15) is 10.7 Å². The maximum Gasteiger partial charge on any atom is 0.247 e. The molecule has 8 heteroatoms. The molecule has 2 unspecified atom stereocenters. The molecular formula is C12H15BrClNO4S. The molecule has 20 heavy (non-hydrogen) atoms. The van der Waals surface area contributed by atoms with Gasteiger partial charge in [0, 0.05) is 12.6 Å². The van der Waals surface area contributed by atoms with E-state index in [4.69, 9.17) is 20.8 Å². The number of morpholine rings is 1. The molecule has 1 aromatic heterocycles. The minimum absolute atomic E-state index is 0.0247. The predicted octanol–water partition coefficient (Wildman–Crippen LogP) is 2.72. The second-order valence-corrected chi connectivity index (χ2v) is 7.85.